The van der Waals surface area contributed by atoms with Gasteiger partial charge in [-0.25, -0.2) is 4.79 Å². The zero-order valence-electron chi connectivity index (χ0n) is 9.98. The van der Waals surface area contributed by atoms with E-state index in [1.807, 2.05) is 31.2 Å². The summed E-state index contributed by atoms with van der Waals surface area (Å²) in [7, 11) is 0.290. The van der Waals surface area contributed by atoms with E-state index in [9.17, 15) is 4.79 Å². The summed E-state index contributed by atoms with van der Waals surface area (Å²) in [6, 6.07) is 7.80. The van der Waals surface area contributed by atoms with Crippen molar-refractivity contribution in [3.8, 4) is 0 Å². The Morgan fingerprint density at radius 1 is 1.29 bits per heavy atom. The molecule has 92 valence electrons. The average Bonchev–Trinajstić information content (AvgIpc) is 2.40. The van der Waals surface area contributed by atoms with Crippen LogP contribution in [0.1, 0.15) is 17.3 Å². The van der Waals surface area contributed by atoms with Crippen LogP contribution in [0.2, 0.25) is 0 Å². The summed E-state index contributed by atoms with van der Waals surface area (Å²) >= 11 is 0. The quantitative estimate of drug-likeness (QED) is 0.609. The molecule has 1 aliphatic rings. The maximum Gasteiger partial charge on any atom is 0.338 e. The molecule has 1 heterocycles. The smallest absolute Gasteiger partial charge is 0.338 e. The number of rotatable bonds is 3. The van der Waals surface area contributed by atoms with Crippen molar-refractivity contribution in [2.75, 3.05) is 31.3 Å². The maximum absolute atomic E-state index is 11.5. The van der Waals surface area contributed by atoms with Gasteiger partial charge < -0.3 is 9.47 Å². The molecule has 0 aromatic heterocycles. The molecule has 1 fully saturated rings. The first-order valence-electron chi connectivity index (χ1n) is 5.83. The third-order valence-electron chi connectivity index (χ3n) is 2.65. The van der Waals surface area contributed by atoms with E-state index in [-0.39, 0.29) is 16.9 Å². The van der Waals surface area contributed by atoms with Gasteiger partial charge >= 0.3 is 5.97 Å². The number of benzene rings is 1. The SMILES string of the molecule is CCOC(=O)c1ccc([S+]2CCOCC2)cc1. The Balaban J connectivity index is 2.04. The lowest BCUT2D eigenvalue weighted by atomic mass is 10.2. The monoisotopic (exact) mass is 253 g/mol. The van der Waals surface area contributed by atoms with Crippen LogP contribution in [0, 0.1) is 0 Å². The van der Waals surface area contributed by atoms with Gasteiger partial charge in [0.05, 0.1) is 25.4 Å². The summed E-state index contributed by atoms with van der Waals surface area (Å²) in [5, 5.41) is 0. The molecule has 0 radical (unpaired) electrons. The third kappa shape index (κ3) is 3.23. The molecule has 0 unspecified atom stereocenters. The molecule has 2 rings (SSSR count). The van der Waals surface area contributed by atoms with Gasteiger partial charge in [0.25, 0.3) is 0 Å². The second-order valence-corrected chi connectivity index (χ2v) is 6.03. The van der Waals surface area contributed by atoms with Crippen molar-refractivity contribution in [3.05, 3.63) is 29.8 Å². The normalized spacial score (nSPS) is 16.8. The highest BCUT2D eigenvalue weighted by molar-refractivity contribution is 7.97. The molecule has 0 atom stereocenters. The Hall–Kier alpha value is -1.00. The first-order valence-corrected chi connectivity index (χ1v) is 7.40. The zero-order valence-corrected chi connectivity index (χ0v) is 10.8. The van der Waals surface area contributed by atoms with Crippen LogP contribution >= 0.6 is 0 Å². The van der Waals surface area contributed by atoms with E-state index in [4.69, 9.17) is 9.47 Å². The van der Waals surface area contributed by atoms with Crippen LogP contribution in [0.3, 0.4) is 0 Å². The maximum atomic E-state index is 11.5. The highest BCUT2D eigenvalue weighted by Crippen LogP contribution is 2.18. The van der Waals surface area contributed by atoms with Gasteiger partial charge in [0, 0.05) is 10.9 Å². The second-order valence-electron chi connectivity index (χ2n) is 3.76. The fraction of sp³-hybridized carbons (Fsp3) is 0.462. The van der Waals surface area contributed by atoms with E-state index < -0.39 is 0 Å². The van der Waals surface area contributed by atoms with Crippen molar-refractivity contribution in [2.45, 2.75) is 11.8 Å². The van der Waals surface area contributed by atoms with E-state index >= 15 is 0 Å². The molecule has 0 aliphatic carbocycles. The highest BCUT2D eigenvalue weighted by Gasteiger charge is 2.25. The van der Waals surface area contributed by atoms with Crippen molar-refractivity contribution in [1.29, 1.82) is 0 Å². The molecule has 1 saturated heterocycles. The lowest BCUT2D eigenvalue weighted by Crippen LogP contribution is -2.26. The fourth-order valence-corrected chi connectivity index (χ4v) is 3.59. The van der Waals surface area contributed by atoms with Gasteiger partial charge in [0.15, 0.2) is 4.90 Å². The van der Waals surface area contributed by atoms with Gasteiger partial charge in [0.1, 0.15) is 11.5 Å². The van der Waals surface area contributed by atoms with Crippen molar-refractivity contribution in [2.24, 2.45) is 0 Å². The third-order valence-corrected chi connectivity index (χ3v) is 4.90. The number of esters is 1. The molecule has 3 nitrogen and oxygen atoms in total. The standard InChI is InChI=1S/C13H17O3S/c1-2-16-13(14)11-3-5-12(6-4-11)17-9-7-15-8-10-17/h3-6H,2,7-10H2,1H3/q+1. The molecule has 1 aromatic rings. The largest absolute Gasteiger partial charge is 0.462 e. The van der Waals surface area contributed by atoms with Crippen molar-refractivity contribution in [3.63, 3.8) is 0 Å². The zero-order chi connectivity index (χ0) is 12.1. The topological polar surface area (TPSA) is 35.5 Å². The van der Waals surface area contributed by atoms with Crippen molar-refractivity contribution >= 4 is 16.9 Å². The van der Waals surface area contributed by atoms with E-state index in [0.29, 0.717) is 12.2 Å². The van der Waals surface area contributed by atoms with Crippen LogP contribution < -0.4 is 0 Å². The summed E-state index contributed by atoms with van der Waals surface area (Å²) in [5.74, 6) is 1.95. The van der Waals surface area contributed by atoms with E-state index in [1.165, 1.54) is 4.90 Å². The predicted molar refractivity (Wildman–Crippen MR) is 68.6 cm³/mol. The summed E-state index contributed by atoms with van der Waals surface area (Å²) in [6.07, 6.45) is 0. The number of hydrogen-bond acceptors (Lipinski definition) is 3. The van der Waals surface area contributed by atoms with Gasteiger partial charge in [-0.05, 0) is 31.2 Å². The van der Waals surface area contributed by atoms with Crippen LogP contribution in [0.4, 0.5) is 0 Å². The van der Waals surface area contributed by atoms with Crippen LogP contribution in [0.25, 0.3) is 0 Å². The minimum absolute atomic E-state index is 0.241. The lowest BCUT2D eigenvalue weighted by Gasteiger charge is -2.14. The Morgan fingerprint density at radius 3 is 2.53 bits per heavy atom. The van der Waals surface area contributed by atoms with Gasteiger partial charge in [-0.1, -0.05) is 0 Å². The first kappa shape index (κ1) is 12.5. The fourth-order valence-electron chi connectivity index (χ4n) is 1.76. The predicted octanol–water partition coefficient (Wildman–Crippen LogP) is 1.87. The van der Waals surface area contributed by atoms with Gasteiger partial charge in [-0.3, -0.25) is 0 Å². The molecule has 0 N–H and O–H groups in total. The summed E-state index contributed by atoms with van der Waals surface area (Å²) < 4.78 is 10.3. The first-order chi connectivity index (χ1) is 8.31. The molecule has 0 saturated carbocycles. The Kier molecular flexibility index (Phi) is 4.45. The van der Waals surface area contributed by atoms with Gasteiger partial charge in [0.2, 0.25) is 0 Å². The molecule has 4 heteroatoms. The van der Waals surface area contributed by atoms with Gasteiger partial charge in [-0.2, -0.15) is 0 Å². The minimum atomic E-state index is -0.241. The second kappa shape index (κ2) is 6.07. The Bertz CT molecular complexity index is 369. The molecule has 0 amide bonds. The molecule has 1 aliphatic heterocycles. The van der Waals surface area contributed by atoms with E-state index in [0.717, 1.165) is 24.7 Å². The number of hydrogen-bond donors (Lipinski definition) is 0. The highest BCUT2D eigenvalue weighted by atomic mass is 32.2. The number of carbonyl (C=O) groups is 1. The molecule has 17 heavy (non-hydrogen) atoms. The molecule has 0 bridgehead atoms. The van der Waals surface area contributed by atoms with Crippen LogP contribution in [-0.2, 0) is 20.4 Å². The summed E-state index contributed by atoms with van der Waals surface area (Å²) in [4.78, 5) is 12.8. The Labute approximate surface area is 104 Å². The summed E-state index contributed by atoms with van der Waals surface area (Å²) in [5.41, 5.74) is 0.632. The molecule has 1 aromatic carbocycles. The van der Waals surface area contributed by atoms with E-state index in [2.05, 4.69) is 0 Å². The molecular formula is C13H17O3S+. The van der Waals surface area contributed by atoms with Crippen LogP contribution in [0.5, 0.6) is 0 Å². The van der Waals surface area contributed by atoms with Crippen molar-refractivity contribution in [1.82, 2.24) is 0 Å². The number of ether oxygens (including phenoxy) is 2. The van der Waals surface area contributed by atoms with E-state index in [1.54, 1.807) is 0 Å². The molecule has 0 spiro atoms. The Morgan fingerprint density at radius 2 is 1.94 bits per heavy atom. The van der Waals surface area contributed by atoms with Gasteiger partial charge in [-0.15, -0.1) is 0 Å². The minimum Gasteiger partial charge on any atom is -0.462 e. The number of carbonyl (C=O) groups excluding carboxylic acids is 1. The average molecular weight is 253 g/mol. The van der Waals surface area contributed by atoms with Crippen molar-refractivity contribution < 1.29 is 14.3 Å². The lowest BCUT2D eigenvalue weighted by molar-refractivity contribution is 0.0526. The van der Waals surface area contributed by atoms with Crippen LogP contribution in [-0.4, -0.2) is 37.3 Å². The summed E-state index contributed by atoms with van der Waals surface area (Å²) in [6.45, 7) is 3.93. The van der Waals surface area contributed by atoms with Crippen LogP contribution in [0.15, 0.2) is 29.2 Å². The molecular weight excluding hydrogens is 236 g/mol.